The summed E-state index contributed by atoms with van der Waals surface area (Å²) in [7, 11) is 1.58. The first-order valence-electron chi connectivity index (χ1n) is 8.37. The van der Waals surface area contributed by atoms with Crippen LogP contribution >= 0.6 is 0 Å². The fourth-order valence-electron chi connectivity index (χ4n) is 3.81. The normalized spacial score (nSPS) is 24.4. The quantitative estimate of drug-likeness (QED) is 0.635. The Hall–Kier alpha value is -2.75. The highest BCUT2D eigenvalue weighted by molar-refractivity contribution is 6.01. The highest BCUT2D eigenvalue weighted by Crippen LogP contribution is 2.46. The summed E-state index contributed by atoms with van der Waals surface area (Å²) in [5, 5.41) is 11.9. The maximum Gasteiger partial charge on any atom is 0.219 e. The standard InChI is InChI=1S/C18H20N4O3/c1-10-12-3-4-13-16(14(12)7-11(8-19)17(10)24)21-15(5-6-20-9-23)22-18(13)25-2/h7,9-10,12,14H,3-6H2,1-2H3,(H,20,23). The molecule has 0 radical (unpaired) electrons. The van der Waals surface area contributed by atoms with E-state index in [1.165, 1.54) is 0 Å². The van der Waals surface area contributed by atoms with Crippen LogP contribution in [-0.4, -0.2) is 35.8 Å². The summed E-state index contributed by atoms with van der Waals surface area (Å²) < 4.78 is 5.45. The van der Waals surface area contributed by atoms with Crippen molar-refractivity contribution in [3.05, 3.63) is 28.7 Å². The fraction of sp³-hybridized carbons (Fsp3) is 0.500. The van der Waals surface area contributed by atoms with Crippen LogP contribution in [0.2, 0.25) is 0 Å². The second kappa shape index (κ2) is 7.01. The summed E-state index contributed by atoms with van der Waals surface area (Å²) >= 11 is 0. The Bertz CT molecular complexity index is 781. The van der Waals surface area contributed by atoms with Gasteiger partial charge >= 0.3 is 0 Å². The van der Waals surface area contributed by atoms with Gasteiger partial charge in [0.15, 0.2) is 5.78 Å². The number of amides is 1. The van der Waals surface area contributed by atoms with Crippen LogP contribution in [0.5, 0.6) is 5.88 Å². The molecule has 0 saturated heterocycles. The van der Waals surface area contributed by atoms with Crippen LogP contribution in [0.15, 0.2) is 11.6 Å². The van der Waals surface area contributed by atoms with Gasteiger partial charge < -0.3 is 10.1 Å². The second-order valence-corrected chi connectivity index (χ2v) is 6.41. The van der Waals surface area contributed by atoms with Gasteiger partial charge in [-0.1, -0.05) is 13.0 Å². The molecular weight excluding hydrogens is 320 g/mol. The van der Waals surface area contributed by atoms with Gasteiger partial charge in [0.05, 0.1) is 18.4 Å². The van der Waals surface area contributed by atoms with E-state index in [1.807, 2.05) is 13.0 Å². The number of allylic oxidation sites excluding steroid dienone is 2. The maximum absolute atomic E-state index is 12.3. The number of Topliss-reactive ketones (excluding diaryl/α,β-unsaturated/α-hetero) is 1. The third kappa shape index (κ3) is 3.00. The molecule has 0 fully saturated rings. The molecule has 130 valence electrons. The smallest absolute Gasteiger partial charge is 0.219 e. The van der Waals surface area contributed by atoms with E-state index < -0.39 is 0 Å². The van der Waals surface area contributed by atoms with Crippen LogP contribution in [0.3, 0.4) is 0 Å². The van der Waals surface area contributed by atoms with E-state index in [2.05, 4.69) is 10.3 Å². The molecule has 0 aromatic carbocycles. The SMILES string of the molecule is COc1nc(CCNC=O)nc2c1CCC1C(C)C(=O)C(C#N)=CC21. The van der Waals surface area contributed by atoms with E-state index in [4.69, 9.17) is 9.72 Å². The molecule has 1 amide bonds. The van der Waals surface area contributed by atoms with Crippen LogP contribution < -0.4 is 10.1 Å². The largest absolute Gasteiger partial charge is 0.481 e. The van der Waals surface area contributed by atoms with E-state index >= 15 is 0 Å². The molecule has 2 aliphatic carbocycles. The molecule has 1 N–H and O–H groups in total. The van der Waals surface area contributed by atoms with Crippen molar-refractivity contribution in [2.75, 3.05) is 13.7 Å². The number of carbonyl (C=O) groups excluding carboxylic acids is 2. The van der Waals surface area contributed by atoms with Crippen LogP contribution in [-0.2, 0) is 22.4 Å². The Morgan fingerprint density at radius 1 is 1.48 bits per heavy atom. The first kappa shape index (κ1) is 17.1. The number of nitrogens with zero attached hydrogens (tertiary/aromatic N) is 3. The Morgan fingerprint density at radius 2 is 2.28 bits per heavy atom. The lowest BCUT2D eigenvalue weighted by Gasteiger charge is -2.37. The van der Waals surface area contributed by atoms with Crippen molar-refractivity contribution in [1.82, 2.24) is 15.3 Å². The lowest BCUT2D eigenvalue weighted by Crippen LogP contribution is -2.35. The van der Waals surface area contributed by atoms with E-state index in [-0.39, 0.29) is 29.1 Å². The van der Waals surface area contributed by atoms with Crippen LogP contribution in [0.1, 0.15) is 36.3 Å². The third-order valence-corrected chi connectivity index (χ3v) is 5.11. The number of fused-ring (bicyclic) bond motifs is 3. The van der Waals surface area contributed by atoms with Crippen molar-refractivity contribution in [3.8, 4) is 11.9 Å². The number of nitrogens with one attached hydrogen (secondary N) is 1. The number of ether oxygens (including phenoxy) is 1. The van der Waals surface area contributed by atoms with Gasteiger partial charge in [0.2, 0.25) is 12.3 Å². The molecule has 3 atom stereocenters. The van der Waals surface area contributed by atoms with Gasteiger partial charge in [-0.05, 0) is 18.8 Å². The maximum atomic E-state index is 12.3. The molecule has 1 heterocycles. The number of ketones is 1. The van der Waals surface area contributed by atoms with Crippen LogP contribution in [0.25, 0.3) is 0 Å². The zero-order valence-corrected chi connectivity index (χ0v) is 14.3. The molecular formula is C18H20N4O3. The second-order valence-electron chi connectivity index (χ2n) is 6.41. The zero-order valence-electron chi connectivity index (χ0n) is 14.3. The molecule has 0 spiro atoms. The number of rotatable bonds is 5. The topological polar surface area (TPSA) is 105 Å². The zero-order chi connectivity index (χ0) is 18.0. The van der Waals surface area contributed by atoms with Crippen molar-refractivity contribution in [2.24, 2.45) is 11.8 Å². The summed E-state index contributed by atoms with van der Waals surface area (Å²) in [6, 6.07) is 2.02. The van der Waals surface area contributed by atoms with Crippen molar-refractivity contribution in [3.63, 3.8) is 0 Å². The lowest BCUT2D eigenvalue weighted by atomic mass is 9.66. The number of aromatic nitrogens is 2. The Morgan fingerprint density at radius 3 is 2.96 bits per heavy atom. The fourth-order valence-corrected chi connectivity index (χ4v) is 3.81. The van der Waals surface area contributed by atoms with Crippen molar-refractivity contribution in [1.29, 1.82) is 5.26 Å². The lowest BCUT2D eigenvalue weighted by molar-refractivity contribution is -0.120. The third-order valence-electron chi connectivity index (χ3n) is 5.11. The van der Waals surface area contributed by atoms with Gasteiger partial charge in [-0.15, -0.1) is 0 Å². The molecule has 2 aliphatic rings. The molecule has 0 aliphatic heterocycles. The number of hydrogen-bond donors (Lipinski definition) is 1. The number of carbonyl (C=O) groups is 2. The minimum Gasteiger partial charge on any atom is -0.481 e. The summed E-state index contributed by atoms with van der Waals surface area (Å²) in [4.78, 5) is 31.9. The summed E-state index contributed by atoms with van der Waals surface area (Å²) in [5.41, 5.74) is 2.01. The van der Waals surface area contributed by atoms with Gasteiger partial charge in [-0.25, -0.2) is 4.98 Å². The highest BCUT2D eigenvalue weighted by atomic mass is 16.5. The van der Waals surface area contributed by atoms with Crippen LogP contribution in [0.4, 0.5) is 0 Å². The first-order chi connectivity index (χ1) is 12.1. The van der Waals surface area contributed by atoms with E-state index in [9.17, 15) is 14.9 Å². The minimum atomic E-state index is -0.195. The highest BCUT2D eigenvalue weighted by Gasteiger charge is 2.42. The van der Waals surface area contributed by atoms with Gasteiger partial charge in [-0.3, -0.25) is 9.59 Å². The molecule has 25 heavy (non-hydrogen) atoms. The minimum absolute atomic E-state index is 0.0800. The summed E-state index contributed by atoms with van der Waals surface area (Å²) in [6.07, 6.45) is 4.47. The monoisotopic (exact) mass is 340 g/mol. The van der Waals surface area contributed by atoms with Gasteiger partial charge in [-0.2, -0.15) is 10.2 Å². The summed E-state index contributed by atoms with van der Waals surface area (Å²) in [6.45, 7) is 2.33. The molecule has 1 aromatic rings. The van der Waals surface area contributed by atoms with Crippen molar-refractivity contribution in [2.45, 2.75) is 32.1 Å². The number of methoxy groups -OCH3 is 1. The van der Waals surface area contributed by atoms with Crippen LogP contribution in [0, 0.1) is 23.2 Å². The number of hydrogen-bond acceptors (Lipinski definition) is 6. The van der Waals surface area contributed by atoms with Gasteiger partial charge in [0, 0.05) is 30.4 Å². The van der Waals surface area contributed by atoms with Crippen molar-refractivity contribution >= 4 is 12.2 Å². The Labute approximate surface area is 146 Å². The molecule has 7 heteroatoms. The van der Waals surface area contributed by atoms with Crippen molar-refractivity contribution < 1.29 is 14.3 Å². The molecule has 3 rings (SSSR count). The van der Waals surface area contributed by atoms with E-state index in [0.717, 1.165) is 24.1 Å². The molecule has 1 aromatic heterocycles. The predicted octanol–water partition coefficient (Wildman–Crippen LogP) is 1.09. The molecule has 0 saturated carbocycles. The van der Waals surface area contributed by atoms with E-state index in [0.29, 0.717) is 31.1 Å². The van der Waals surface area contributed by atoms with Gasteiger partial charge in [0.25, 0.3) is 0 Å². The summed E-state index contributed by atoms with van der Waals surface area (Å²) in [5.74, 6) is 0.907. The molecule has 3 unspecified atom stereocenters. The van der Waals surface area contributed by atoms with Gasteiger partial charge in [0.1, 0.15) is 11.9 Å². The Kier molecular flexibility index (Phi) is 4.79. The van der Waals surface area contributed by atoms with E-state index in [1.54, 1.807) is 13.2 Å². The molecule has 0 bridgehead atoms. The molecule has 7 nitrogen and oxygen atoms in total. The Balaban J connectivity index is 2.05. The number of nitriles is 1. The average molecular weight is 340 g/mol. The first-order valence-corrected chi connectivity index (χ1v) is 8.37. The predicted molar refractivity (Wildman–Crippen MR) is 88.8 cm³/mol. The average Bonchev–Trinajstić information content (AvgIpc) is 2.63.